The van der Waals surface area contributed by atoms with Gasteiger partial charge in [0.1, 0.15) is 0 Å². The summed E-state index contributed by atoms with van der Waals surface area (Å²) < 4.78 is 24.9. The van der Waals surface area contributed by atoms with Crippen molar-refractivity contribution in [2.75, 3.05) is 7.05 Å². The Morgan fingerprint density at radius 2 is 2.33 bits per heavy atom. The molecule has 1 rings (SSSR count). The molecular weight excluding hydrogens is 196 g/mol. The van der Waals surface area contributed by atoms with Crippen molar-refractivity contribution in [2.45, 2.75) is 17.6 Å². The predicted molar refractivity (Wildman–Crippen MR) is 47.7 cm³/mol. The normalized spacial score (nSPS) is 11.8. The molecule has 1 N–H and O–H groups in total. The second-order valence-electron chi connectivity index (χ2n) is 2.13. The molecule has 0 aromatic carbocycles. The lowest BCUT2D eigenvalue weighted by Gasteiger charge is -1.94. The first-order chi connectivity index (χ1) is 5.60. The van der Waals surface area contributed by atoms with Crippen molar-refractivity contribution in [1.82, 2.24) is 9.71 Å². The Kier molecular flexibility index (Phi) is 2.81. The van der Waals surface area contributed by atoms with Crippen LogP contribution in [-0.4, -0.2) is 20.4 Å². The maximum atomic E-state index is 11.2. The third-order valence-corrected chi connectivity index (χ3v) is 4.39. The zero-order valence-corrected chi connectivity index (χ0v) is 8.50. The molecule has 1 heterocycles. The first-order valence-electron chi connectivity index (χ1n) is 3.48. The monoisotopic (exact) mass is 206 g/mol. The number of nitrogens with one attached hydrogen (secondary N) is 1. The highest BCUT2D eigenvalue weighted by molar-refractivity contribution is 7.91. The first kappa shape index (κ1) is 9.63. The van der Waals surface area contributed by atoms with Crippen molar-refractivity contribution in [3.63, 3.8) is 0 Å². The molecule has 0 spiro atoms. The third-order valence-electron chi connectivity index (χ3n) is 1.37. The van der Waals surface area contributed by atoms with Crippen LogP contribution in [0.5, 0.6) is 0 Å². The number of aryl methyl sites for hydroxylation is 1. The van der Waals surface area contributed by atoms with Crippen molar-refractivity contribution in [3.8, 4) is 0 Å². The summed E-state index contributed by atoms with van der Waals surface area (Å²) in [5.41, 5.74) is 0. The van der Waals surface area contributed by atoms with Gasteiger partial charge < -0.3 is 0 Å². The Bertz CT molecular complexity index is 355. The maximum Gasteiger partial charge on any atom is 0.251 e. The molecule has 0 saturated heterocycles. The van der Waals surface area contributed by atoms with E-state index in [0.29, 0.717) is 0 Å². The summed E-state index contributed by atoms with van der Waals surface area (Å²) in [5.74, 6) is 0. The lowest BCUT2D eigenvalue weighted by atomic mass is 10.5. The molecule has 68 valence electrons. The van der Waals surface area contributed by atoms with Gasteiger partial charge in [-0.15, -0.1) is 11.3 Å². The van der Waals surface area contributed by atoms with Crippen LogP contribution in [0.3, 0.4) is 0 Å². The molecule has 12 heavy (non-hydrogen) atoms. The summed E-state index contributed by atoms with van der Waals surface area (Å²) in [6, 6.07) is 0. The number of hydrogen-bond acceptors (Lipinski definition) is 4. The Morgan fingerprint density at radius 1 is 1.67 bits per heavy atom. The molecule has 0 aliphatic heterocycles. The highest BCUT2D eigenvalue weighted by Crippen LogP contribution is 2.17. The zero-order valence-electron chi connectivity index (χ0n) is 6.86. The van der Waals surface area contributed by atoms with Gasteiger partial charge in [0.2, 0.25) is 0 Å². The van der Waals surface area contributed by atoms with E-state index in [-0.39, 0.29) is 4.21 Å². The third kappa shape index (κ3) is 1.82. The van der Waals surface area contributed by atoms with Crippen molar-refractivity contribution in [3.05, 3.63) is 11.2 Å². The standard InChI is InChI=1S/C6H10N2O2S2/c1-3-5-8-4-6(11-5)12(9,10)7-2/h4,7H,3H2,1-2H3. The summed E-state index contributed by atoms with van der Waals surface area (Å²) in [7, 11) is -1.89. The number of thiazole rings is 1. The van der Waals surface area contributed by atoms with Crippen LogP contribution >= 0.6 is 11.3 Å². The van der Waals surface area contributed by atoms with Gasteiger partial charge in [0, 0.05) is 0 Å². The minimum atomic E-state index is -3.28. The molecular formula is C6H10N2O2S2. The van der Waals surface area contributed by atoms with Gasteiger partial charge in [-0.05, 0) is 13.5 Å². The largest absolute Gasteiger partial charge is 0.251 e. The fourth-order valence-corrected chi connectivity index (χ4v) is 2.64. The minimum absolute atomic E-state index is 0.279. The van der Waals surface area contributed by atoms with E-state index in [1.165, 1.54) is 24.6 Å². The molecule has 0 aliphatic rings. The Labute approximate surface area is 75.7 Å². The molecule has 1 aromatic rings. The van der Waals surface area contributed by atoms with Crippen LogP contribution in [0.2, 0.25) is 0 Å². The van der Waals surface area contributed by atoms with Crippen molar-refractivity contribution in [1.29, 1.82) is 0 Å². The van der Waals surface area contributed by atoms with Gasteiger partial charge in [-0.3, -0.25) is 0 Å². The van der Waals surface area contributed by atoms with Crippen LogP contribution in [0.4, 0.5) is 0 Å². The predicted octanol–water partition coefficient (Wildman–Crippen LogP) is 0.614. The molecule has 0 unspecified atom stereocenters. The van der Waals surface area contributed by atoms with Crippen LogP contribution in [0.1, 0.15) is 11.9 Å². The summed E-state index contributed by atoms with van der Waals surface area (Å²) in [5, 5.41) is 0.837. The van der Waals surface area contributed by atoms with Gasteiger partial charge in [-0.1, -0.05) is 6.92 Å². The number of rotatable bonds is 3. The van der Waals surface area contributed by atoms with E-state index in [0.717, 1.165) is 11.4 Å². The molecule has 0 aliphatic carbocycles. The van der Waals surface area contributed by atoms with E-state index in [1.54, 1.807) is 0 Å². The Balaban J connectivity index is 3.05. The van der Waals surface area contributed by atoms with Crippen LogP contribution < -0.4 is 4.72 Å². The van der Waals surface area contributed by atoms with E-state index in [4.69, 9.17) is 0 Å². The topological polar surface area (TPSA) is 59.1 Å². The maximum absolute atomic E-state index is 11.2. The zero-order chi connectivity index (χ0) is 9.19. The fourth-order valence-electron chi connectivity index (χ4n) is 0.682. The second kappa shape index (κ2) is 3.51. The van der Waals surface area contributed by atoms with Crippen LogP contribution in [0, 0.1) is 0 Å². The fraction of sp³-hybridized carbons (Fsp3) is 0.500. The molecule has 0 radical (unpaired) electrons. The smallest absolute Gasteiger partial charge is 0.248 e. The lowest BCUT2D eigenvalue weighted by molar-refractivity contribution is 0.590. The molecule has 6 heteroatoms. The van der Waals surface area contributed by atoms with Crippen LogP contribution in [0.25, 0.3) is 0 Å². The van der Waals surface area contributed by atoms with E-state index in [2.05, 4.69) is 9.71 Å². The average molecular weight is 206 g/mol. The lowest BCUT2D eigenvalue weighted by Crippen LogP contribution is -2.17. The van der Waals surface area contributed by atoms with Crippen molar-refractivity contribution >= 4 is 21.4 Å². The van der Waals surface area contributed by atoms with E-state index in [1.807, 2.05) is 6.92 Å². The van der Waals surface area contributed by atoms with E-state index < -0.39 is 10.0 Å². The Morgan fingerprint density at radius 3 is 2.75 bits per heavy atom. The van der Waals surface area contributed by atoms with E-state index in [9.17, 15) is 8.42 Å². The van der Waals surface area contributed by atoms with Crippen LogP contribution in [0.15, 0.2) is 10.4 Å². The second-order valence-corrected chi connectivity index (χ2v) is 5.36. The van der Waals surface area contributed by atoms with Gasteiger partial charge in [-0.2, -0.15) is 0 Å². The summed E-state index contributed by atoms with van der Waals surface area (Å²) in [4.78, 5) is 3.95. The molecule has 1 aromatic heterocycles. The highest BCUT2D eigenvalue weighted by Gasteiger charge is 2.14. The van der Waals surface area contributed by atoms with Gasteiger partial charge in [-0.25, -0.2) is 18.1 Å². The number of hydrogen-bond donors (Lipinski definition) is 1. The Hall–Kier alpha value is -0.460. The minimum Gasteiger partial charge on any atom is -0.248 e. The highest BCUT2D eigenvalue weighted by atomic mass is 32.2. The number of sulfonamides is 1. The average Bonchev–Trinajstić information content (AvgIpc) is 2.52. The molecule has 0 atom stereocenters. The summed E-state index contributed by atoms with van der Waals surface area (Å²) in [6.07, 6.45) is 2.15. The number of nitrogens with zero attached hydrogens (tertiary/aromatic N) is 1. The molecule has 4 nitrogen and oxygen atoms in total. The van der Waals surface area contributed by atoms with Gasteiger partial charge in [0.25, 0.3) is 10.0 Å². The molecule has 0 fully saturated rings. The molecule has 0 amide bonds. The molecule has 0 saturated carbocycles. The van der Waals surface area contributed by atoms with Gasteiger partial charge in [0.05, 0.1) is 11.2 Å². The van der Waals surface area contributed by atoms with E-state index >= 15 is 0 Å². The van der Waals surface area contributed by atoms with Crippen molar-refractivity contribution < 1.29 is 8.42 Å². The first-order valence-corrected chi connectivity index (χ1v) is 5.78. The van der Waals surface area contributed by atoms with Gasteiger partial charge in [0.15, 0.2) is 4.21 Å². The van der Waals surface area contributed by atoms with Gasteiger partial charge >= 0.3 is 0 Å². The van der Waals surface area contributed by atoms with Crippen molar-refractivity contribution in [2.24, 2.45) is 0 Å². The molecule has 0 bridgehead atoms. The quantitative estimate of drug-likeness (QED) is 0.788. The SMILES string of the molecule is CCc1ncc(S(=O)(=O)NC)s1. The number of aromatic nitrogens is 1. The summed E-state index contributed by atoms with van der Waals surface area (Å²) >= 11 is 1.20. The summed E-state index contributed by atoms with van der Waals surface area (Å²) in [6.45, 7) is 1.94. The van der Waals surface area contributed by atoms with Crippen LogP contribution in [-0.2, 0) is 16.4 Å².